The maximum absolute atomic E-state index is 13.2. The average Bonchev–Trinajstić information content (AvgIpc) is 3.04. The van der Waals surface area contributed by atoms with Gasteiger partial charge in [0.15, 0.2) is 0 Å². The van der Waals surface area contributed by atoms with Gasteiger partial charge in [-0.05, 0) is 39.3 Å². The highest BCUT2D eigenvalue weighted by Crippen LogP contribution is 2.25. The van der Waals surface area contributed by atoms with Crippen LogP contribution in [0.2, 0.25) is 0 Å². The van der Waals surface area contributed by atoms with Crippen molar-refractivity contribution in [2.75, 3.05) is 26.2 Å². The number of hydrogen-bond donors (Lipinski definition) is 0. The summed E-state index contributed by atoms with van der Waals surface area (Å²) in [7, 11) is 0. The molecule has 3 rings (SSSR count). The second-order valence-electron chi connectivity index (χ2n) is 8.07. The predicted octanol–water partition coefficient (Wildman–Crippen LogP) is 4.00. The Labute approximate surface area is 166 Å². The Morgan fingerprint density at radius 2 is 1.79 bits per heavy atom. The average molecular weight is 383 g/mol. The molecule has 0 spiro atoms. The summed E-state index contributed by atoms with van der Waals surface area (Å²) in [5.74, 6) is 0.00684. The minimum atomic E-state index is -0.518. The molecule has 1 aliphatic heterocycles. The number of nitrogens with zero attached hydrogens (tertiary/aromatic N) is 3. The Morgan fingerprint density at radius 3 is 2.36 bits per heavy atom. The molecule has 0 saturated carbocycles. The number of carbonyl (C=O) groups is 2. The molecule has 0 radical (unpaired) electrons. The topological polar surface area (TPSA) is 54.8 Å². The molecule has 1 aliphatic rings. The molecular weight excluding hydrogens is 354 g/mol. The number of aryl methyl sites for hydroxylation is 1. The van der Waals surface area contributed by atoms with Crippen LogP contribution in [0.5, 0.6) is 0 Å². The molecule has 1 aromatic heterocycles. The van der Waals surface area contributed by atoms with Crippen molar-refractivity contribution in [3.8, 4) is 0 Å². The summed E-state index contributed by atoms with van der Waals surface area (Å²) in [6.45, 7) is 14.2. The van der Waals surface area contributed by atoms with Crippen LogP contribution >= 0.6 is 0 Å². The molecular formula is C22H29N3O3. The van der Waals surface area contributed by atoms with E-state index in [1.54, 1.807) is 4.90 Å². The quantitative estimate of drug-likeness (QED) is 0.805. The standard InChI is InChI=1S/C22H29N3O3/c1-6-16-8-9-17-18(15-23(7-2)19(17)14-16)20(26)24-10-12-25(13-11-24)21(27)28-22(3,4)5/h6,8-9,14-15H,1,7,10-13H2,2-5H3. The minimum absolute atomic E-state index is 0.00684. The first-order chi connectivity index (χ1) is 13.2. The van der Waals surface area contributed by atoms with Gasteiger partial charge in [0.1, 0.15) is 5.60 Å². The van der Waals surface area contributed by atoms with Crippen molar-refractivity contribution in [1.29, 1.82) is 0 Å². The molecule has 1 fully saturated rings. The third-order valence-corrected chi connectivity index (χ3v) is 4.93. The SMILES string of the molecule is C=Cc1ccc2c(C(=O)N3CCN(C(=O)OC(C)(C)C)CC3)cn(CC)c2c1. The molecule has 0 bridgehead atoms. The van der Waals surface area contributed by atoms with Crippen LogP contribution in [-0.2, 0) is 11.3 Å². The van der Waals surface area contributed by atoms with Gasteiger partial charge < -0.3 is 19.1 Å². The number of aromatic nitrogens is 1. The number of benzene rings is 1. The van der Waals surface area contributed by atoms with E-state index in [4.69, 9.17) is 4.74 Å². The number of hydrogen-bond acceptors (Lipinski definition) is 3. The van der Waals surface area contributed by atoms with Gasteiger partial charge in [0.2, 0.25) is 0 Å². The molecule has 0 atom stereocenters. The molecule has 0 N–H and O–H groups in total. The van der Waals surface area contributed by atoms with Crippen LogP contribution in [0.1, 0.15) is 43.6 Å². The van der Waals surface area contributed by atoms with Crippen molar-refractivity contribution in [3.05, 3.63) is 42.1 Å². The molecule has 28 heavy (non-hydrogen) atoms. The van der Waals surface area contributed by atoms with Crippen LogP contribution in [0.4, 0.5) is 4.79 Å². The van der Waals surface area contributed by atoms with E-state index in [-0.39, 0.29) is 12.0 Å². The molecule has 2 aromatic rings. The zero-order chi connectivity index (χ0) is 20.5. The summed E-state index contributed by atoms with van der Waals surface area (Å²) < 4.78 is 7.52. The van der Waals surface area contributed by atoms with Gasteiger partial charge in [-0.15, -0.1) is 0 Å². The van der Waals surface area contributed by atoms with Crippen molar-refractivity contribution >= 4 is 29.0 Å². The monoisotopic (exact) mass is 383 g/mol. The zero-order valence-corrected chi connectivity index (χ0v) is 17.2. The fourth-order valence-electron chi connectivity index (χ4n) is 3.46. The number of piperazine rings is 1. The lowest BCUT2D eigenvalue weighted by Gasteiger charge is -2.35. The number of ether oxygens (including phenoxy) is 1. The number of carbonyl (C=O) groups excluding carboxylic acids is 2. The molecule has 2 heterocycles. The molecule has 6 nitrogen and oxygen atoms in total. The van der Waals surface area contributed by atoms with Gasteiger partial charge in [-0.2, -0.15) is 0 Å². The smallest absolute Gasteiger partial charge is 0.410 e. The number of fused-ring (bicyclic) bond motifs is 1. The Balaban J connectivity index is 1.75. The molecule has 1 saturated heterocycles. The summed E-state index contributed by atoms with van der Waals surface area (Å²) in [4.78, 5) is 28.9. The van der Waals surface area contributed by atoms with E-state index < -0.39 is 5.60 Å². The van der Waals surface area contributed by atoms with E-state index in [1.807, 2.05) is 50.1 Å². The van der Waals surface area contributed by atoms with Gasteiger partial charge in [0.05, 0.1) is 5.56 Å². The van der Waals surface area contributed by atoms with E-state index in [2.05, 4.69) is 24.1 Å². The molecule has 1 aromatic carbocycles. The molecule has 2 amide bonds. The van der Waals surface area contributed by atoms with Crippen molar-refractivity contribution in [2.45, 2.75) is 39.8 Å². The van der Waals surface area contributed by atoms with E-state index in [0.29, 0.717) is 31.7 Å². The summed E-state index contributed by atoms with van der Waals surface area (Å²) in [5.41, 5.74) is 2.26. The van der Waals surface area contributed by atoms with Gasteiger partial charge in [-0.25, -0.2) is 4.79 Å². The van der Waals surface area contributed by atoms with E-state index in [9.17, 15) is 9.59 Å². The van der Waals surface area contributed by atoms with Gasteiger partial charge in [-0.3, -0.25) is 4.79 Å². The second-order valence-corrected chi connectivity index (χ2v) is 8.07. The third kappa shape index (κ3) is 4.06. The third-order valence-electron chi connectivity index (χ3n) is 4.93. The first-order valence-electron chi connectivity index (χ1n) is 9.76. The summed E-state index contributed by atoms with van der Waals surface area (Å²) in [6, 6.07) is 6.03. The fraction of sp³-hybridized carbons (Fsp3) is 0.455. The van der Waals surface area contributed by atoms with Gasteiger partial charge in [0.25, 0.3) is 5.91 Å². The number of rotatable bonds is 3. The summed E-state index contributed by atoms with van der Waals surface area (Å²) in [6.07, 6.45) is 3.42. The van der Waals surface area contributed by atoms with Crippen LogP contribution < -0.4 is 0 Å². The van der Waals surface area contributed by atoms with Gasteiger partial charge >= 0.3 is 6.09 Å². The van der Waals surface area contributed by atoms with Crippen molar-refractivity contribution in [3.63, 3.8) is 0 Å². The van der Waals surface area contributed by atoms with Gasteiger partial charge in [-0.1, -0.05) is 24.8 Å². The Bertz CT molecular complexity index is 900. The van der Waals surface area contributed by atoms with Crippen LogP contribution in [0.3, 0.4) is 0 Å². The Kier molecular flexibility index (Phi) is 5.49. The molecule has 150 valence electrons. The van der Waals surface area contributed by atoms with Gasteiger partial charge in [0, 0.05) is 49.8 Å². The van der Waals surface area contributed by atoms with Crippen LogP contribution in [0, 0.1) is 0 Å². The Morgan fingerprint density at radius 1 is 1.14 bits per heavy atom. The van der Waals surface area contributed by atoms with E-state index in [0.717, 1.165) is 23.0 Å². The molecule has 0 unspecified atom stereocenters. The van der Waals surface area contributed by atoms with Crippen molar-refractivity contribution in [1.82, 2.24) is 14.4 Å². The first kappa shape index (κ1) is 20.0. The highest BCUT2D eigenvalue weighted by molar-refractivity contribution is 6.07. The minimum Gasteiger partial charge on any atom is -0.444 e. The fourth-order valence-corrected chi connectivity index (χ4v) is 3.46. The molecule has 0 aliphatic carbocycles. The first-order valence-corrected chi connectivity index (χ1v) is 9.76. The highest BCUT2D eigenvalue weighted by Gasteiger charge is 2.29. The largest absolute Gasteiger partial charge is 0.444 e. The lowest BCUT2D eigenvalue weighted by atomic mass is 10.1. The lowest BCUT2D eigenvalue weighted by molar-refractivity contribution is 0.0141. The van der Waals surface area contributed by atoms with Crippen LogP contribution in [-0.4, -0.2) is 58.1 Å². The second kappa shape index (κ2) is 7.70. The highest BCUT2D eigenvalue weighted by atomic mass is 16.6. The van der Waals surface area contributed by atoms with Crippen LogP contribution in [0.15, 0.2) is 31.0 Å². The lowest BCUT2D eigenvalue weighted by Crippen LogP contribution is -2.51. The Hall–Kier alpha value is -2.76. The summed E-state index contributed by atoms with van der Waals surface area (Å²) in [5, 5.41) is 0.951. The zero-order valence-electron chi connectivity index (χ0n) is 17.2. The van der Waals surface area contributed by atoms with Crippen LogP contribution in [0.25, 0.3) is 17.0 Å². The van der Waals surface area contributed by atoms with Crippen molar-refractivity contribution < 1.29 is 14.3 Å². The van der Waals surface area contributed by atoms with E-state index >= 15 is 0 Å². The maximum Gasteiger partial charge on any atom is 0.410 e. The number of amides is 2. The normalized spacial score (nSPS) is 15.0. The maximum atomic E-state index is 13.2. The van der Waals surface area contributed by atoms with E-state index in [1.165, 1.54) is 0 Å². The summed E-state index contributed by atoms with van der Waals surface area (Å²) >= 11 is 0. The molecule has 6 heteroatoms. The predicted molar refractivity (Wildman–Crippen MR) is 111 cm³/mol. The van der Waals surface area contributed by atoms with Crippen molar-refractivity contribution in [2.24, 2.45) is 0 Å².